The van der Waals surface area contributed by atoms with Crippen LogP contribution in [0.1, 0.15) is 32.4 Å². The summed E-state index contributed by atoms with van der Waals surface area (Å²) in [5, 5.41) is 2.30. The van der Waals surface area contributed by atoms with Gasteiger partial charge in [-0.3, -0.25) is 0 Å². The highest BCUT2D eigenvalue weighted by molar-refractivity contribution is 5.83. The summed E-state index contributed by atoms with van der Waals surface area (Å²) in [6, 6.07) is 14.1. The third-order valence-corrected chi connectivity index (χ3v) is 2.85. The SMILES string of the molecule is CC(C)OC(=O)O[C@H](C)c1ccc2ccccc2c1. The zero-order valence-electron chi connectivity index (χ0n) is 11.4. The van der Waals surface area contributed by atoms with Crippen molar-refractivity contribution >= 4 is 16.9 Å². The van der Waals surface area contributed by atoms with Gasteiger partial charge < -0.3 is 9.47 Å². The summed E-state index contributed by atoms with van der Waals surface area (Å²) in [4.78, 5) is 11.5. The average molecular weight is 258 g/mol. The smallest absolute Gasteiger partial charge is 0.432 e. The van der Waals surface area contributed by atoms with E-state index >= 15 is 0 Å². The van der Waals surface area contributed by atoms with E-state index in [0.717, 1.165) is 10.9 Å². The summed E-state index contributed by atoms with van der Waals surface area (Å²) in [5.41, 5.74) is 0.958. The van der Waals surface area contributed by atoms with Gasteiger partial charge in [-0.15, -0.1) is 0 Å². The lowest BCUT2D eigenvalue weighted by molar-refractivity contribution is 0.0114. The van der Waals surface area contributed by atoms with E-state index < -0.39 is 6.16 Å². The lowest BCUT2D eigenvalue weighted by Crippen LogP contribution is -2.15. The third kappa shape index (κ3) is 3.47. The Morgan fingerprint density at radius 3 is 2.32 bits per heavy atom. The van der Waals surface area contributed by atoms with Crippen molar-refractivity contribution in [1.82, 2.24) is 0 Å². The van der Waals surface area contributed by atoms with Gasteiger partial charge in [0.1, 0.15) is 6.10 Å². The molecule has 0 aliphatic heterocycles. The Morgan fingerprint density at radius 1 is 0.947 bits per heavy atom. The van der Waals surface area contributed by atoms with Crippen molar-refractivity contribution in [3.63, 3.8) is 0 Å². The van der Waals surface area contributed by atoms with Crippen LogP contribution < -0.4 is 0 Å². The Hall–Kier alpha value is -2.03. The van der Waals surface area contributed by atoms with Crippen molar-refractivity contribution in [3.05, 3.63) is 48.0 Å². The van der Waals surface area contributed by atoms with Crippen LogP contribution in [-0.2, 0) is 9.47 Å². The van der Waals surface area contributed by atoms with Gasteiger partial charge in [-0.1, -0.05) is 36.4 Å². The van der Waals surface area contributed by atoms with Crippen molar-refractivity contribution in [1.29, 1.82) is 0 Å². The van der Waals surface area contributed by atoms with Crippen LogP contribution in [0.4, 0.5) is 4.79 Å². The van der Waals surface area contributed by atoms with E-state index in [1.54, 1.807) is 13.8 Å². The minimum absolute atomic E-state index is 0.170. The molecular weight excluding hydrogens is 240 g/mol. The summed E-state index contributed by atoms with van der Waals surface area (Å²) < 4.78 is 10.2. The van der Waals surface area contributed by atoms with Crippen molar-refractivity contribution in [3.8, 4) is 0 Å². The Bertz CT molecular complexity index is 575. The molecular formula is C16H18O3. The lowest BCUT2D eigenvalue weighted by Gasteiger charge is -2.15. The number of fused-ring (bicyclic) bond motifs is 1. The maximum Gasteiger partial charge on any atom is 0.509 e. The van der Waals surface area contributed by atoms with Crippen LogP contribution in [-0.4, -0.2) is 12.3 Å². The Balaban J connectivity index is 2.12. The molecule has 3 heteroatoms. The second kappa shape index (κ2) is 5.74. The van der Waals surface area contributed by atoms with Crippen molar-refractivity contribution in [2.45, 2.75) is 33.0 Å². The fourth-order valence-corrected chi connectivity index (χ4v) is 1.89. The second-order valence-electron chi connectivity index (χ2n) is 4.78. The summed E-state index contributed by atoms with van der Waals surface area (Å²) in [7, 11) is 0. The first-order valence-corrected chi connectivity index (χ1v) is 6.42. The molecule has 19 heavy (non-hydrogen) atoms. The zero-order chi connectivity index (χ0) is 13.8. The first kappa shape index (κ1) is 13.4. The number of hydrogen-bond acceptors (Lipinski definition) is 3. The fraction of sp³-hybridized carbons (Fsp3) is 0.312. The van der Waals surface area contributed by atoms with Gasteiger partial charge in [0.05, 0.1) is 6.10 Å². The van der Waals surface area contributed by atoms with Crippen molar-refractivity contribution in [2.75, 3.05) is 0 Å². The molecule has 0 amide bonds. The molecule has 0 aliphatic rings. The molecule has 0 unspecified atom stereocenters. The number of carbonyl (C=O) groups excluding carboxylic acids is 1. The molecule has 1 atom stereocenters. The summed E-state index contributed by atoms with van der Waals surface area (Å²) in [6.07, 6.45) is -1.12. The number of ether oxygens (including phenoxy) is 2. The number of hydrogen-bond donors (Lipinski definition) is 0. The van der Waals surface area contributed by atoms with Gasteiger partial charge in [0.15, 0.2) is 0 Å². The van der Waals surface area contributed by atoms with E-state index in [0.29, 0.717) is 0 Å². The van der Waals surface area contributed by atoms with E-state index in [-0.39, 0.29) is 12.2 Å². The first-order valence-electron chi connectivity index (χ1n) is 6.42. The first-order chi connectivity index (χ1) is 9.06. The Labute approximate surface area is 113 Å². The maximum atomic E-state index is 11.5. The molecule has 0 radical (unpaired) electrons. The summed E-state index contributed by atoms with van der Waals surface area (Å²) in [5.74, 6) is 0. The molecule has 0 N–H and O–H groups in total. The highest BCUT2D eigenvalue weighted by Crippen LogP contribution is 2.22. The molecule has 3 nitrogen and oxygen atoms in total. The predicted octanol–water partition coefficient (Wildman–Crippen LogP) is 4.46. The molecule has 100 valence electrons. The molecule has 0 bridgehead atoms. The van der Waals surface area contributed by atoms with Crippen LogP contribution in [0.3, 0.4) is 0 Å². The third-order valence-electron chi connectivity index (χ3n) is 2.85. The minimum Gasteiger partial charge on any atom is -0.432 e. The molecule has 2 rings (SSSR count). The van der Waals surface area contributed by atoms with Gasteiger partial charge in [0, 0.05) is 0 Å². The predicted molar refractivity (Wildman–Crippen MR) is 75.1 cm³/mol. The van der Waals surface area contributed by atoms with Crippen LogP contribution >= 0.6 is 0 Å². The molecule has 0 aromatic heterocycles. The molecule has 0 saturated carbocycles. The molecule has 0 heterocycles. The molecule has 0 saturated heterocycles. The van der Waals surface area contributed by atoms with E-state index in [1.165, 1.54) is 5.39 Å². The summed E-state index contributed by atoms with van der Waals surface area (Å²) >= 11 is 0. The minimum atomic E-state index is -0.629. The highest BCUT2D eigenvalue weighted by Gasteiger charge is 2.14. The number of carbonyl (C=O) groups is 1. The van der Waals surface area contributed by atoms with E-state index in [2.05, 4.69) is 6.07 Å². The summed E-state index contributed by atoms with van der Waals surface area (Å²) in [6.45, 7) is 5.43. The van der Waals surface area contributed by atoms with Gasteiger partial charge in [0.2, 0.25) is 0 Å². The lowest BCUT2D eigenvalue weighted by atomic mass is 10.0. The highest BCUT2D eigenvalue weighted by atomic mass is 16.7. The van der Waals surface area contributed by atoms with Gasteiger partial charge >= 0.3 is 6.16 Å². The standard InChI is InChI=1S/C16H18O3/c1-11(2)18-16(17)19-12(3)14-9-8-13-6-4-5-7-15(13)10-14/h4-12H,1-3H3/t12-/m1/s1. The quantitative estimate of drug-likeness (QED) is 0.762. The van der Waals surface area contributed by atoms with E-state index in [9.17, 15) is 4.79 Å². The molecule has 0 aliphatic carbocycles. The molecule has 0 fully saturated rings. The van der Waals surface area contributed by atoms with Gasteiger partial charge in [-0.2, -0.15) is 0 Å². The Kier molecular flexibility index (Phi) is 4.05. The topological polar surface area (TPSA) is 35.5 Å². The van der Waals surface area contributed by atoms with Crippen LogP contribution in [0.2, 0.25) is 0 Å². The van der Waals surface area contributed by atoms with Crippen molar-refractivity contribution in [2.24, 2.45) is 0 Å². The Morgan fingerprint density at radius 2 is 1.63 bits per heavy atom. The monoisotopic (exact) mass is 258 g/mol. The van der Waals surface area contributed by atoms with Crippen LogP contribution in [0.15, 0.2) is 42.5 Å². The largest absolute Gasteiger partial charge is 0.509 e. The number of rotatable bonds is 3. The van der Waals surface area contributed by atoms with Crippen LogP contribution in [0.25, 0.3) is 10.8 Å². The average Bonchev–Trinajstić information content (AvgIpc) is 2.37. The van der Waals surface area contributed by atoms with E-state index in [1.807, 2.05) is 43.3 Å². The molecule has 0 spiro atoms. The van der Waals surface area contributed by atoms with E-state index in [4.69, 9.17) is 9.47 Å². The van der Waals surface area contributed by atoms with Crippen LogP contribution in [0, 0.1) is 0 Å². The van der Waals surface area contributed by atoms with Gasteiger partial charge in [-0.05, 0) is 43.2 Å². The normalized spacial score (nSPS) is 12.4. The fourth-order valence-electron chi connectivity index (χ4n) is 1.89. The zero-order valence-corrected chi connectivity index (χ0v) is 11.4. The van der Waals surface area contributed by atoms with Crippen LogP contribution in [0.5, 0.6) is 0 Å². The van der Waals surface area contributed by atoms with Crippen molar-refractivity contribution < 1.29 is 14.3 Å². The van der Waals surface area contributed by atoms with Gasteiger partial charge in [-0.25, -0.2) is 4.79 Å². The molecule has 2 aromatic rings. The molecule has 2 aromatic carbocycles. The second-order valence-corrected chi connectivity index (χ2v) is 4.78. The van der Waals surface area contributed by atoms with Gasteiger partial charge in [0.25, 0.3) is 0 Å². The number of benzene rings is 2. The maximum absolute atomic E-state index is 11.5.